The normalized spacial score (nSPS) is 10.8. The Bertz CT molecular complexity index is 719. The summed E-state index contributed by atoms with van der Waals surface area (Å²) in [5.74, 6) is 0.00245. The van der Waals surface area contributed by atoms with Gasteiger partial charge in [-0.1, -0.05) is 40.2 Å². The second kappa shape index (κ2) is 6.08. The second-order valence-corrected chi connectivity index (χ2v) is 6.99. The summed E-state index contributed by atoms with van der Waals surface area (Å²) in [5, 5.41) is 5.86. The number of thiophene rings is 2. The molecule has 1 aromatic carbocycles. The summed E-state index contributed by atoms with van der Waals surface area (Å²) in [7, 11) is 0. The van der Waals surface area contributed by atoms with Gasteiger partial charge in [-0.05, 0) is 28.6 Å². The molecule has 3 rings (SSSR count). The molecule has 0 fully saturated rings. The number of benzene rings is 1. The van der Waals surface area contributed by atoms with Gasteiger partial charge < -0.3 is 5.32 Å². The molecule has 102 valence electrons. The molecule has 0 aliphatic rings. The van der Waals surface area contributed by atoms with Crippen LogP contribution in [0.4, 0.5) is 0 Å². The Morgan fingerprint density at radius 3 is 2.80 bits per heavy atom. The first-order chi connectivity index (χ1) is 9.76. The lowest BCUT2D eigenvalue weighted by molar-refractivity contribution is 0.0955. The number of carbonyl (C=O) groups excluding carboxylic acids is 1. The Morgan fingerprint density at radius 2 is 2.00 bits per heavy atom. The Labute approximate surface area is 133 Å². The van der Waals surface area contributed by atoms with Gasteiger partial charge in [-0.25, -0.2) is 0 Å². The number of amides is 1. The van der Waals surface area contributed by atoms with Crippen molar-refractivity contribution in [1.29, 1.82) is 0 Å². The summed E-state index contributed by atoms with van der Waals surface area (Å²) in [6.45, 7) is 0.561. The Kier molecular flexibility index (Phi) is 4.19. The van der Waals surface area contributed by atoms with E-state index in [0.29, 0.717) is 6.54 Å². The Hall–Kier alpha value is -1.17. The van der Waals surface area contributed by atoms with Crippen LogP contribution < -0.4 is 5.32 Å². The molecule has 1 N–H and O–H groups in total. The van der Waals surface area contributed by atoms with Gasteiger partial charge in [0, 0.05) is 21.3 Å². The summed E-state index contributed by atoms with van der Waals surface area (Å²) in [6, 6.07) is 12.2. The summed E-state index contributed by atoms with van der Waals surface area (Å²) in [5.41, 5.74) is 2.34. The highest BCUT2D eigenvalue weighted by atomic mass is 79.9. The number of hydrogen-bond acceptors (Lipinski definition) is 3. The van der Waals surface area contributed by atoms with E-state index in [0.717, 1.165) is 15.8 Å². The van der Waals surface area contributed by atoms with Gasteiger partial charge in [0.2, 0.25) is 0 Å². The number of halogens is 1. The average molecular weight is 366 g/mol. The summed E-state index contributed by atoms with van der Waals surface area (Å²) < 4.78 is 2.36. The fourth-order valence-electron chi connectivity index (χ4n) is 1.97. The highest BCUT2D eigenvalue weighted by Gasteiger charge is 2.10. The van der Waals surface area contributed by atoms with Crippen molar-refractivity contribution in [1.82, 2.24) is 5.32 Å². The average Bonchev–Trinajstić information content (AvgIpc) is 3.06. The van der Waals surface area contributed by atoms with Crippen LogP contribution in [0.5, 0.6) is 0 Å². The fourth-order valence-corrected chi connectivity index (χ4v) is 4.34. The van der Waals surface area contributed by atoms with Crippen molar-refractivity contribution in [3.8, 4) is 0 Å². The van der Waals surface area contributed by atoms with E-state index in [-0.39, 0.29) is 5.91 Å². The van der Waals surface area contributed by atoms with E-state index in [9.17, 15) is 4.79 Å². The molecule has 0 saturated carbocycles. The monoisotopic (exact) mass is 365 g/mol. The van der Waals surface area contributed by atoms with Crippen molar-refractivity contribution in [2.24, 2.45) is 0 Å². The smallest absolute Gasteiger partial charge is 0.261 e. The van der Waals surface area contributed by atoms with Gasteiger partial charge in [0.15, 0.2) is 0 Å². The van der Waals surface area contributed by atoms with Crippen molar-refractivity contribution in [2.45, 2.75) is 11.9 Å². The molecule has 0 unspecified atom stereocenters. The zero-order valence-corrected chi connectivity index (χ0v) is 13.8. The summed E-state index contributed by atoms with van der Waals surface area (Å²) >= 11 is 6.65. The summed E-state index contributed by atoms with van der Waals surface area (Å²) in [4.78, 5) is 12.9. The molecule has 0 bridgehead atoms. The van der Waals surface area contributed by atoms with Gasteiger partial charge in [0.05, 0.1) is 4.88 Å². The highest BCUT2D eigenvalue weighted by Crippen LogP contribution is 2.29. The van der Waals surface area contributed by atoms with Gasteiger partial charge >= 0.3 is 0 Å². The van der Waals surface area contributed by atoms with E-state index in [2.05, 4.69) is 44.8 Å². The molecule has 0 spiro atoms. The van der Waals surface area contributed by atoms with Crippen LogP contribution in [-0.2, 0) is 11.9 Å². The van der Waals surface area contributed by atoms with Crippen LogP contribution in [-0.4, -0.2) is 5.91 Å². The first-order valence-corrected chi connectivity index (χ1v) is 8.97. The lowest BCUT2D eigenvalue weighted by Crippen LogP contribution is -2.21. The molecule has 2 heterocycles. The molecule has 2 aromatic heterocycles. The van der Waals surface area contributed by atoms with Crippen LogP contribution in [0.3, 0.4) is 0 Å². The van der Waals surface area contributed by atoms with Crippen molar-refractivity contribution in [3.63, 3.8) is 0 Å². The quantitative estimate of drug-likeness (QED) is 0.661. The van der Waals surface area contributed by atoms with Crippen molar-refractivity contribution < 1.29 is 4.79 Å². The minimum atomic E-state index is 0.00245. The van der Waals surface area contributed by atoms with Crippen LogP contribution in [0.15, 0.2) is 41.8 Å². The van der Waals surface area contributed by atoms with Gasteiger partial charge in [-0.15, -0.1) is 22.7 Å². The molecule has 3 aromatic rings. The molecule has 0 radical (unpaired) electrons. The van der Waals surface area contributed by atoms with Crippen LogP contribution in [0.25, 0.3) is 9.40 Å². The third-order valence-corrected chi connectivity index (χ3v) is 5.70. The molecule has 5 heteroatoms. The van der Waals surface area contributed by atoms with Crippen LogP contribution in [0.2, 0.25) is 0 Å². The number of hydrogen-bond donors (Lipinski definition) is 1. The van der Waals surface area contributed by atoms with E-state index >= 15 is 0 Å². The molecule has 0 aliphatic heterocycles. The first kappa shape index (κ1) is 13.8. The third kappa shape index (κ3) is 2.95. The molecule has 0 saturated heterocycles. The van der Waals surface area contributed by atoms with Crippen LogP contribution in [0, 0.1) is 0 Å². The largest absolute Gasteiger partial charge is 0.347 e. The number of alkyl halides is 1. The Morgan fingerprint density at radius 1 is 1.15 bits per heavy atom. The van der Waals surface area contributed by atoms with Crippen molar-refractivity contribution in [3.05, 3.63) is 57.8 Å². The number of carbonyl (C=O) groups is 1. The highest BCUT2D eigenvalue weighted by molar-refractivity contribution is 9.08. The minimum absolute atomic E-state index is 0.00245. The van der Waals surface area contributed by atoms with Crippen LogP contribution in [0.1, 0.15) is 20.8 Å². The van der Waals surface area contributed by atoms with Gasteiger partial charge in [0.1, 0.15) is 0 Å². The van der Waals surface area contributed by atoms with E-state index < -0.39 is 0 Å². The predicted octanol–water partition coefficient (Wildman–Crippen LogP) is 4.79. The zero-order chi connectivity index (χ0) is 13.9. The lowest BCUT2D eigenvalue weighted by atomic mass is 10.1. The lowest BCUT2D eigenvalue weighted by Gasteiger charge is -2.05. The first-order valence-electron chi connectivity index (χ1n) is 6.15. The Balaban J connectivity index is 1.68. The molecular formula is C15H12BrNOS2. The maximum Gasteiger partial charge on any atom is 0.261 e. The summed E-state index contributed by atoms with van der Waals surface area (Å²) in [6.07, 6.45) is 0. The van der Waals surface area contributed by atoms with Gasteiger partial charge in [-0.2, -0.15) is 0 Å². The van der Waals surface area contributed by atoms with E-state index in [1.165, 1.54) is 15.0 Å². The van der Waals surface area contributed by atoms with E-state index in [4.69, 9.17) is 0 Å². The molecular weight excluding hydrogens is 354 g/mol. The maximum absolute atomic E-state index is 12.1. The van der Waals surface area contributed by atoms with E-state index in [1.54, 1.807) is 22.7 Å². The second-order valence-electron chi connectivity index (χ2n) is 4.40. The number of nitrogens with one attached hydrogen (secondary N) is 1. The van der Waals surface area contributed by atoms with Gasteiger partial charge in [-0.3, -0.25) is 4.79 Å². The molecule has 1 amide bonds. The topological polar surface area (TPSA) is 29.1 Å². The molecule has 0 aliphatic carbocycles. The standard InChI is InChI=1S/C15H12BrNOS2/c16-8-10-2-1-3-11(6-10)9-17-15(18)14-7-13-12(20-14)4-5-19-13/h1-7H,8-9H2,(H,17,18). The number of fused-ring (bicyclic) bond motifs is 1. The molecule has 0 atom stereocenters. The zero-order valence-electron chi connectivity index (χ0n) is 10.6. The van der Waals surface area contributed by atoms with Gasteiger partial charge in [0.25, 0.3) is 5.91 Å². The SMILES string of the molecule is O=C(NCc1cccc(CBr)c1)c1cc2sccc2s1. The van der Waals surface area contributed by atoms with E-state index in [1.807, 2.05) is 18.2 Å². The third-order valence-electron chi connectivity index (χ3n) is 2.96. The van der Waals surface area contributed by atoms with Crippen LogP contribution >= 0.6 is 38.6 Å². The number of rotatable bonds is 4. The molecule has 2 nitrogen and oxygen atoms in total. The molecule has 20 heavy (non-hydrogen) atoms. The maximum atomic E-state index is 12.1. The predicted molar refractivity (Wildman–Crippen MR) is 89.9 cm³/mol. The van der Waals surface area contributed by atoms with Crippen molar-refractivity contribution in [2.75, 3.05) is 0 Å². The minimum Gasteiger partial charge on any atom is -0.347 e. The van der Waals surface area contributed by atoms with Crippen molar-refractivity contribution >= 4 is 53.9 Å². The fraction of sp³-hybridized carbons (Fsp3) is 0.133.